The second kappa shape index (κ2) is 8.69. The molecule has 0 aromatic heterocycles. The maximum Gasteiger partial charge on any atom is 0.307 e. The summed E-state index contributed by atoms with van der Waals surface area (Å²) in [4.78, 5) is 37.0. The summed E-state index contributed by atoms with van der Waals surface area (Å²) in [5, 5.41) is 15.0. The van der Waals surface area contributed by atoms with Crippen LogP contribution in [0.4, 0.5) is 11.4 Å². The van der Waals surface area contributed by atoms with Crippen molar-refractivity contribution in [2.45, 2.75) is 32.6 Å². The Morgan fingerprint density at radius 3 is 2.36 bits per heavy atom. The number of hydrogen-bond acceptors (Lipinski definition) is 3. The van der Waals surface area contributed by atoms with Crippen LogP contribution in [0.25, 0.3) is 0 Å². The molecular weight excluding hydrogens is 356 g/mol. The first kappa shape index (κ1) is 19.6. The normalized spacial score (nSPS) is 18.9. The number of aliphatic carboxylic acids is 1. The molecule has 2 amide bonds. The quantitative estimate of drug-likeness (QED) is 0.728. The third-order valence-corrected chi connectivity index (χ3v) is 5.13. The third kappa shape index (κ3) is 4.57. The van der Waals surface area contributed by atoms with Gasteiger partial charge in [-0.1, -0.05) is 37.1 Å². The molecule has 1 aliphatic carbocycles. The number of rotatable bonds is 5. The van der Waals surface area contributed by atoms with E-state index in [0.29, 0.717) is 29.8 Å². The number of aryl methyl sites for hydroxylation is 1. The number of carboxylic acids is 1. The molecule has 0 bridgehead atoms. The highest BCUT2D eigenvalue weighted by Crippen LogP contribution is 2.31. The van der Waals surface area contributed by atoms with Crippen LogP contribution in [0.3, 0.4) is 0 Å². The van der Waals surface area contributed by atoms with Gasteiger partial charge in [0.25, 0.3) is 5.91 Å². The lowest BCUT2D eigenvalue weighted by Crippen LogP contribution is -2.36. The number of benzene rings is 2. The molecule has 6 heteroatoms. The standard InChI is InChI=1S/C22H24N2O4/c1-14-7-6-8-15(13-14)23-21(26)18-11-4-5-12-19(18)24-20(25)16-9-2-3-10-17(16)22(27)28/h4-8,11-13,16-17H,2-3,9-10H2,1H3,(H,23,26)(H,24,25)(H,27,28)/t16-,17+/m0/s1. The SMILES string of the molecule is Cc1cccc(NC(=O)c2ccccc2NC(=O)[C@H]2CCCC[C@H]2C(=O)O)c1. The summed E-state index contributed by atoms with van der Waals surface area (Å²) >= 11 is 0. The van der Waals surface area contributed by atoms with E-state index in [-0.39, 0.29) is 11.8 Å². The molecule has 0 heterocycles. The Balaban J connectivity index is 1.77. The van der Waals surface area contributed by atoms with Gasteiger partial charge >= 0.3 is 5.97 Å². The zero-order valence-corrected chi connectivity index (χ0v) is 15.8. The highest BCUT2D eigenvalue weighted by molar-refractivity contribution is 6.10. The highest BCUT2D eigenvalue weighted by atomic mass is 16.4. The molecule has 146 valence electrons. The number of para-hydroxylation sites is 1. The maximum absolute atomic E-state index is 12.8. The summed E-state index contributed by atoms with van der Waals surface area (Å²) < 4.78 is 0. The summed E-state index contributed by atoms with van der Waals surface area (Å²) in [6.07, 6.45) is 2.69. The van der Waals surface area contributed by atoms with Crippen molar-refractivity contribution in [1.82, 2.24) is 0 Å². The summed E-state index contributed by atoms with van der Waals surface area (Å²) in [7, 11) is 0. The summed E-state index contributed by atoms with van der Waals surface area (Å²) in [5.41, 5.74) is 2.41. The molecule has 0 aliphatic heterocycles. The van der Waals surface area contributed by atoms with Crippen LogP contribution in [-0.2, 0) is 9.59 Å². The molecule has 1 fully saturated rings. The minimum Gasteiger partial charge on any atom is -0.481 e. The van der Waals surface area contributed by atoms with Gasteiger partial charge in [0.2, 0.25) is 5.91 Å². The van der Waals surface area contributed by atoms with Gasteiger partial charge in [-0.15, -0.1) is 0 Å². The summed E-state index contributed by atoms with van der Waals surface area (Å²) in [5.74, 6) is -2.88. The molecule has 0 radical (unpaired) electrons. The number of amides is 2. The van der Waals surface area contributed by atoms with Crippen molar-refractivity contribution in [3.8, 4) is 0 Å². The van der Waals surface area contributed by atoms with Crippen LogP contribution >= 0.6 is 0 Å². The molecule has 2 aromatic carbocycles. The minimum absolute atomic E-state index is 0.333. The first-order valence-electron chi connectivity index (χ1n) is 9.46. The Hall–Kier alpha value is -3.15. The smallest absolute Gasteiger partial charge is 0.307 e. The number of hydrogen-bond donors (Lipinski definition) is 3. The number of nitrogens with one attached hydrogen (secondary N) is 2. The Morgan fingerprint density at radius 1 is 0.929 bits per heavy atom. The van der Waals surface area contributed by atoms with E-state index in [2.05, 4.69) is 10.6 Å². The number of carbonyl (C=O) groups excluding carboxylic acids is 2. The molecule has 28 heavy (non-hydrogen) atoms. The largest absolute Gasteiger partial charge is 0.481 e. The van der Waals surface area contributed by atoms with Crippen molar-refractivity contribution in [3.63, 3.8) is 0 Å². The Labute approximate surface area is 164 Å². The third-order valence-electron chi connectivity index (χ3n) is 5.13. The van der Waals surface area contributed by atoms with Crippen LogP contribution in [0, 0.1) is 18.8 Å². The van der Waals surface area contributed by atoms with E-state index in [1.165, 1.54) is 0 Å². The van der Waals surface area contributed by atoms with Crippen LogP contribution in [0.1, 0.15) is 41.6 Å². The van der Waals surface area contributed by atoms with E-state index in [9.17, 15) is 19.5 Å². The van der Waals surface area contributed by atoms with Crippen LogP contribution in [-0.4, -0.2) is 22.9 Å². The lowest BCUT2D eigenvalue weighted by atomic mass is 9.78. The van der Waals surface area contributed by atoms with Gasteiger partial charge in [-0.3, -0.25) is 14.4 Å². The molecule has 2 atom stereocenters. The van der Waals surface area contributed by atoms with E-state index < -0.39 is 17.8 Å². The van der Waals surface area contributed by atoms with Gasteiger partial charge in [0, 0.05) is 5.69 Å². The molecule has 1 aliphatic rings. The Morgan fingerprint density at radius 2 is 1.64 bits per heavy atom. The molecule has 6 nitrogen and oxygen atoms in total. The number of anilines is 2. The van der Waals surface area contributed by atoms with E-state index in [0.717, 1.165) is 18.4 Å². The molecule has 0 unspecified atom stereocenters. The topological polar surface area (TPSA) is 95.5 Å². The van der Waals surface area contributed by atoms with Crippen LogP contribution in [0.15, 0.2) is 48.5 Å². The number of carboxylic acid groups (broad SMARTS) is 1. The predicted molar refractivity (Wildman–Crippen MR) is 107 cm³/mol. The fraction of sp³-hybridized carbons (Fsp3) is 0.318. The Kier molecular flexibility index (Phi) is 6.09. The van der Waals surface area contributed by atoms with Gasteiger partial charge in [-0.25, -0.2) is 0 Å². The van der Waals surface area contributed by atoms with Gasteiger partial charge in [0.05, 0.1) is 23.1 Å². The summed E-state index contributed by atoms with van der Waals surface area (Å²) in [6, 6.07) is 14.2. The van der Waals surface area contributed by atoms with Crippen molar-refractivity contribution in [2.24, 2.45) is 11.8 Å². The first-order valence-corrected chi connectivity index (χ1v) is 9.46. The van der Waals surface area contributed by atoms with E-state index in [4.69, 9.17) is 0 Å². The van der Waals surface area contributed by atoms with Crippen molar-refractivity contribution < 1.29 is 19.5 Å². The van der Waals surface area contributed by atoms with Crippen LogP contribution in [0.2, 0.25) is 0 Å². The average Bonchev–Trinajstić information content (AvgIpc) is 2.68. The van der Waals surface area contributed by atoms with Crippen LogP contribution in [0.5, 0.6) is 0 Å². The lowest BCUT2D eigenvalue weighted by molar-refractivity contribution is -0.147. The highest BCUT2D eigenvalue weighted by Gasteiger charge is 2.36. The zero-order valence-electron chi connectivity index (χ0n) is 15.8. The van der Waals surface area contributed by atoms with Crippen molar-refractivity contribution >= 4 is 29.2 Å². The van der Waals surface area contributed by atoms with E-state index in [1.807, 2.05) is 25.1 Å². The minimum atomic E-state index is -0.940. The molecule has 3 N–H and O–H groups in total. The second-order valence-corrected chi connectivity index (χ2v) is 7.19. The van der Waals surface area contributed by atoms with Gasteiger partial charge < -0.3 is 15.7 Å². The maximum atomic E-state index is 12.8. The van der Waals surface area contributed by atoms with Gasteiger partial charge in [-0.2, -0.15) is 0 Å². The predicted octanol–water partition coefficient (Wildman–Crippen LogP) is 4.08. The van der Waals surface area contributed by atoms with Gasteiger partial charge in [0.1, 0.15) is 0 Å². The van der Waals surface area contributed by atoms with Gasteiger partial charge in [-0.05, 0) is 49.6 Å². The molecular formula is C22H24N2O4. The number of carbonyl (C=O) groups is 3. The fourth-order valence-corrected chi connectivity index (χ4v) is 3.68. The monoisotopic (exact) mass is 380 g/mol. The van der Waals surface area contributed by atoms with E-state index in [1.54, 1.807) is 30.3 Å². The molecule has 0 spiro atoms. The van der Waals surface area contributed by atoms with Crippen LogP contribution < -0.4 is 10.6 Å². The molecule has 0 saturated heterocycles. The second-order valence-electron chi connectivity index (χ2n) is 7.19. The molecule has 3 rings (SSSR count). The van der Waals surface area contributed by atoms with Crippen molar-refractivity contribution in [3.05, 3.63) is 59.7 Å². The van der Waals surface area contributed by atoms with Crippen molar-refractivity contribution in [2.75, 3.05) is 10.6 Å². The van der Waals surface area contributed by atoms with Gasteiger partial charge in [0.15, 0.2) is 0 Å². The zero-order chi connectivity index (χ0) is 20.1. The first-order chi connectivity index (χ1) is 13.5. The van der Waals surface area contributed by atoms with E-state index >= 15 is 0 Å². The fourth-order valence-electron chi connectivity index (χ4n) is 3.68. The lowest BCUT2D eigenvalue weighted by Gasteiger charge is -2.27. The average molecular weight is 380 g/mol. The van der Waals surface area contributed by atoms with Crippen molar-refractivity contribution in [1.29, 1.82) is 0 Å². The molecule has 2 aromatic rings. The Bertz CT molecular complexity index is 894. The molecule has 1 saturated carbocycles. The summed E-state index contributed by atoms with van der Waals surface area (Å²) in [6.45, 7) is 1.94.